The van der Waals surface area contributed by atoms with Gasteiger partial charge < -0.3 is 14.8 Å². The Hall–Kier alpha value is -4.57. The number of ether oxygens (including phenoxy) is 2. The quantitative estimate of drug-likeness (QED) is 0.358. The van der Waals surface area contributed by atoms with E-state index in [2.05, 4.69) is 51.6 Å². The number of carbonyl (C=O) groups excluding carboxylic acids is 2. The first-order valence-electron chi connectivity index (χ1n) is 10.8. The molecule has 7 nitrogen and oxygen atoms in total. The minimum absolute atomic E-state index is 0.00195. The van der Waals surface area contributed by atoms with Crippen molar-refractivity contribution >= 4 is 23.0 Å². The van der Waals surface area contributed by atoms with Gasteiger partial charge in [0.2, 0.25) is 0 Å². The first-order valence-corrected chi connectivity index (χ1v) is 10.8. The Bertz CT molecular complexity index is 1420. The number of fused-ring (bicyclic) bond motifs is 4. The van der Waals surface area contributed by atoms with Gasteiger partial charge in [0.15, 0.2) is 0 Å². The molecule has 5 rings (SSSR count). The number of H-pyrrole nitrogens is 1. The Kier molecular flexibility index (Phi) is 5.71. The fourth-order valence-electron chi connectivity index (χ4n) is 4.31. The fraction of sp³-hybridized carbons (Fsp3) is 0.148. The number of carbonyl (C=O) groups is 2. The van der Waals surface area contributed by atoms with Gasteiger partial charge in [-0.1, -0.05) is 60.4 Å². The van der Waals surface area contributed by atoms with Gasteiger partial charge in [0.05, 0.1) is 30.9 Å². The highest BCUT2D eigenvalue weighted by molar-refractivity contribution is 6.03. The van der Waals surface area contributed by atoms with E-state index in [4.69, 9.17) is 9.47 Å². The molecule has 0 bridgehead atoms. The molecule has 168 valence electrons. The smallest absolute Gasteiger partial charge is 0.407 e. The maximum absolute atomic E-state index is 12.3. The van der Waals surface area contributed by atoms with E-state index in [1.807, 2.05) is 24.3 Å². The molecule has 7 heteroatoms. The SMILES string of the molecule is COC(=O)c1cc(C#CCNC(=O)OCC2c3ccccc3-c3ccccc32)cc2[nH]ncc12. The average molecular weight is 451 g/mol. The molecule has 1 amide bonds. The van der Waals surface area contributed by atoms with Gasteiger partial charge >= 0.3 is 12.1 Å². The summed E-state index contributed by atoms with van der Waals surface area (Å²) in [5.41, 5.74) is 6.33. The van der Waals surface area contributed by atoms with Crippen LogP contribution in [0.5, 0.6) is 0 Å². The van der Waals surface area contributed by atoms with E-state index < -0.39 is 12.1 Å². The van der Waals surface area contributed by atoms with Gasteiger partial charge in [-0.15, -0.1) is 0 Å². The number of methoxy groups -OCH3 is 1. The zero-order valence-electron chi connectivity index (χ0n) is 18.4. The first-order chi connectivity index (χ1) is 16.7. The highest BCUT2D eigenvalue weighted by atomic mass is 16.5. The second-order valence-electron chi connectivity index (χ2n) is 7.83. The van der Waals surface area contributed by atoms with Gasteiger partial charge in [-0.3, -0.25) is 5.10 Å². The first kappa shape index (κ1) is 21.3. The number of esters is 1. The molecular weight excluding hydrogens is 430 g/mol. The number of benzene rings is 3. The lowest BCUT2D eigenvalue weighted by Crippen LogP contribution is -2.26. The van der Waals surface area contributed by atoms with Crippen molar-refractivity contribution in [3.8, 4) is 23.0 Å². The summed E-state index contributed by atoms with van der Waals surface area (Å²) in [5.74, 6) is 5.37. The lowest BCUT2D eigenvalue weighted by atomic mass is 9.98. The van der Waals surface area contributed by atoms with Crippen LogP contribution >= 0.6 is 0 Å². The summed E-state index contributed by atoms with van der Waals surface area (Å²) >= 11 is 0. The molecule has 0 fully saturated rings. The average Bonchev–Trinajstić information content (AvgIpc) is 3.47. The minimum atomic E-state index is -0.532. The van der Waals surface area contributed by atoms with Crippen LogP contribution in [0.3, 0.4) is 0 Å². The van der Waals surface area contributed by atoms with E-state index in [9.17, 15) is 9.59 Å². The summed E-state index contributed by atoms with van der Waals surface area (Å²) in [7, 11) is 1.32. The molecule has 4 aromatic rings. The van der Waals surface area contributed by atoms with Crippen molar-refractivity contribution in [2.24, 2.45) is 0 Å². The van der Waals surface area contributed by atoms with Crippen LogP contribution < -0.4 is 5.32 Å². The van der Waals surface area contributed by atoms with Crippen molar-refractivity contribution in [1.29, 1.82) is 0 Å². The van der Waals surface area contributed by atoms with Gasteiger partial charge in [-0.25, -0.2) is 9.59 Å². The van der Waals surface area contributed by atoms with E-state index in [0.717, 1.165) is 11.1 Å². The Morgan fingerprint density at radius 1 is 1.06 bits per heavy atom. The number of nitrogens with zero attached hydrogens (tertiary/aromatic N) is 1. The fourth-order valence-corrected chi connectivity index (χ4v) is 4.31. The Morgan fingerprint density at radius 3 is 2.47 bits per heavy atom. The van der Waals surface area contributed by atoms with Gasteiger partial charge in [0, 0.05) is 16.9 Å². The summed E-state index contributed by atoms with van der Waals surface area (Å²) in [4.78, 5) is 24.3. The molecule has 3 aromatic carbocycles. The van der Waals surface area contributed by atoms with Crippen molar-refractivity contribution in [2.45, 2.75) is 5.92 Å². The van der Waals surface area contributed by atoms with Crippen molar-refractivity contribution in [3.63, 3.8) is 0 Å². The summed E-state index contributed by atoms with van der Waals surface area (Å²) in [6.07, 6.45) is 1.03. The Morgan fingerprint density at radius 2 is 1.76 bits per heavy atom. The standard InChI is InChI=1S/C27H21N3O4/c1-33-26(31)22-13-17(14-25-23(22)15-29-30-25)7-6-12-28-27(32)34-16-24-20-10-4-2-8-18(20)19-9-3-5-11-21(19)24/h2-5,8-11,13-15,24H,12,16H2,1H3,(H,28,32)(H,29,30). The molecule has 1 aromatic heterocycles. The van der Waals surface area contributed by atoms with Crippen LogP contribution in [0.1, 0.15) is 33.0 Å². The molecule has 1 heterocycles. The van der Waals surface area contributed by atoms with Crippen molar-refractivity contribution in [3.05, 3.63) is 89.1 Å². The maximum atomic E-state index is 12.3. The number of aromatic amines is 1. The molecule has 1 aliphatic rings. The number of aromatic nitrogens is 2. The van der Waals surface area contributed by atoms with Crippen LogP contribution in [-0.4, -0.2) is 42.5 Å². The van der Waals surface area contributed by atoms with E-state index in [1.165, 1.54) is 18.2 Å². The predicted molar refractivity (Wildman–Crippen MR) is 127 cm³/mol. The number of alkyl carbamates (subject to hydrolysis) is 1. The molecule has 2 N–H and O–H groups in total. The van der Waals surface area contributed by atoms with Gasteiger partial charge in [-0.05, 0) is 34.4 Å². The molecule has 0 atom stereocenters. The number of amides is 1. The van der Waals surface area contributed by atoms with E-state index in [1.54, 1.807) is 18.3 Å². The number of hydrogen-bond donors (Lipinski definition) is 2. The molecule has 0 saturated heterocycles. The molecule has 34 heavy (non-hydrogen) atoms. The second kappa shape index (κ2) is 9.12. The number of hydrogen-bond acceptors (Lipinski definition) is 5. The molecular formula is C27H21N3O4. The van der Waals surface area contributed by atoms with Crippen LogP contribution in [0.4, 0.5) is 4.79 Å². The van der Waals surface area contributed by atoms with Gasteiger partial charge in [0.25, 0.3) is 0 Å². The Labute approximate surface area is 196 Å². The van der Waals surface area contributed by atoms with E-state index in [0.29, 0.717) is 22.0 Å². The second-order valence-corrected chi connectivity index (χ2v) is 7.83. The lowest BCUT2D eigenvalue weighted by Gasteiger charge is -2.14. The summed E-state index contributed by atoms with van der Waals surface area (Å²) in [5, 5.41) is 10.1. The van der Waals surface area contributed by atoms with E-state index in [-0.39, 0.29) is 19.1 Å². The zero-order valence-corrected chi connectivity index (χ0v) is 18.4. The highest BCUT2D eigenvalue weighted by Gasteiger charge is 2.28. The van der Waals surface area contributed by atoms with Crippen LogP contribution in [0.25, 0.3) is 22.0 Å². The Balaban J connectivity index is 1.22. The predicted octanol–water partition coefficient (Wildman–Crippen LogP) is 4.24. The minimum Gasteiger partial charge on any atom is -0.465 e. The summed E-state index contributed by atoms with van der Waals surface area (Å²) in [6.45, 7) is 0.345. The normalized spacial score (nSPS) is 11.8. The zero-order chi connectivity index (χ0) is 23.5. The lowest BCUT2D eigenvalue weighted by molar-refractivity contribution is 0.0603. The monoisotopic (exact) mass is 451 g/mol. The van der Waals surface area contributed by atoms with Crippen molar-refractivity contribution in [1.82, 2.24) is 15.5 Å². The topological polar surface area (TPSA) is 93.3 Å². The van der Waals surface area contributed by atoms with Crippen LogP contribution in [0.15, 0.2) is 66.9 Å². The molecule has 0 saturated carbocycles. The maximum Gasteiger partial charge on any atom is 0.407 e. The molecule has 1 aliphatic carbocycles. The highest BCUT2D eigenvalue weighted by Crippen LogP contribution is 2.44. The van der Waals surface area contributed by atoms with Crippen molar-refractivity contribution in [2.75, 3.05) is 20.3 Å². The third kappa shape index (κ3) is 3.97. The van der Waals surface area contributed by atoms with Crippen molar-refractivity contribution < 1.29 is 19.1 Å². The van der Waals surface area contributed by atoms with Crippen LogP contribution in [0.2, 0.25) is 0 Å². The van der Waals surface area contributed by atoms with Gasteiger partial charge in [-0.2, -0.15) is 5.10 Å². The molecule has 0 radical (unpaired) electrons. The third-order valence-electron chi connectivity index (χ3n) is 5.86. The summed E-state index contributed by atoms with van der Waals surface area (Å²) in [6, 6.07) is 19.8. The third-order valence-corrected chi connectivity index (χ3v) is 5.86. The number of nitrogens with one attached hydrogen (secondary N) is 2. The van der Waals surface area contributed by atoms with Crippen LogP contribution in [0, 0.1) is 11.8 Å². The largest absolute Gasteiger partial charge is 0.465 e. The molecule has 0 unspecified atom stereocenters. The molecule has 0 spiro atoms. The molecule has 0 aliphatic heterocycles. The van der Waals surface area contributed by atoms with Gasteiger partial charge in [0.1, 0.15) is 6.61 Å². The van der Waals surface area contributed by atoms with Crippen LogP contribution in [-0.2, 0) is 9.47 Å². The number of rotatable bonds is 4. The van der Waals surface area contributed by atoms with E-state index >= 15 is 0 Å². The summed E-state index contributed by atoms with van der Waals surface area (Å²) < 4.78 is 10.3.